The van der Waals surface area contributed by atoms with Crippen molar-refractivity contribution in [1.82, 2.24) is 0 Å². The van der Waals surface area contributed by atoms with E-state index < -0.39 is 0 Å². The first-order valence-corrected chi connectivity index (χ1v) is 7.93. The maximum atomic E-state index is 2.45. The summed E-state index contributed by atoms with van der Waals surface area (Å²) in [5.41, 5.74) is 0.464. The van der Waals surface area contributed by atoms with E-state index in [1.165, 1.54) is 18.6 Å². The highest BCUT2D eigenvalue weighted by atomic mass is 32.2. The average molecular weight is 242 g/mol. The maximum Gasteiger partial charge on any atom is -0.0108 e. The normalized spacial score (nSPS) is 15.9. The summed E-state index contributed by atoms with van der Waals surface area (Å²) in [6, 6.07) is 0. The van der Waals surface area contributed by atoms with Crippen molar-refractivity contribution in [3.8, 4) is 0 Å². The fraction of sp³-hybridized carbons (Fsp3) is 0.800. The van der Waals surface area contributed by atoms with Crippen LogP contribution in [-0.4, -0.2) is 10.6 Å². The molecule has 0 fully saturated rings. The van der Waals surface area contributed by atoms with Gasteiger partial charge < -0.3 is 0 Å². The van der Waals surface area contributed by atoms with Gasteiger partial charge in [-0.05, 0) is 47.1 Å². The minimum atomic E-state index is 0.402. The van der Waals surface area contributed by atoms with Gasteiger partial charge in [0.25, 0.3) is 0 Å². The Morgan fingerprint density at radius 1 is 1.25 bits per heavy atom. The van der Waals surface area contributed by atoms with Crippen molar-refractivity contribution in [3.63, 3.8) is 0 Å². The third kappa shape index (κ3) is 7.27. The quantitative estimate of drug-likeness (QED) is 0.561. The van der Waals surface area contributed by atoms with Crippen LogP contribution in [0.5, 0.6) is 0 Å². The van der Waals surface area contributed by atoms with Crippen LogP contribution in [-0.2, 0) is 0 Å². The van der Waals surface area contributed by atoms with Crippen molar-refractivity contribution >= 4 is 15.3 Å². The van der Waals surface area contributed by atoms with E-state index in [0.29, 0.717) is 15.9 Å². The Kier molecular flexibility index (Phi) is 7.30. The Hall–Kier alpha value is -0.0400. The molecule has 0 spiro atoms. The Morgan fingerprint density at radius 3 is 2.19 bits per heavy atom. The molecule has 0 amide bonds. The molecule has 96 valence electrons. The molecule has 0 aliphatic rings. The smallest absolute Gasteiger partial charge is 0.0108 e. The summed E-state index contributed by atoms with van der Waals surface area (Å²) in [4.78, 5) is 1.65. The van der Waals surface area contributed by atoms with Crippen molar-refractivity contribution in [2.75, 3.05) is 5.75 Å². The second-order valence-corrected chi connectivity index (χ2v) is 8.31. The first kappa shape index (κ1) is 16.0. The predicted octanol–water partition coefficient (Wildman–Crippen LogP) is 5.46. The van der Waals surface area contributed by atoms with Gasteiger partial charge in [-0.1, -0.05) is 47.6 Å². The van der Waals surface area contributed by atoms with E-state index in [-0.39, 0.29) is 0 Å². The number of rotatable bonds is 5. The fourth-order valence-electron chi connectivity index (χ4n) is 1.43. The lowest BCUT2D eigenvalue weighted by Crippen LogP contribution is -2.03. The van der Waals surface area contributed by atoms with E-state index in [1.807, 2.05) is 0 Å². The Bertz CT molecular complexity index is 251. The van der Waals surface area contributed by atoms with Crippen LogP contribution in [0.3, 0.4) is 0 Å². The summed E-state index contributed by atoms with van der Waals surface area (Å²) in [7, 11) is 0.402. The standard InChI is InChI=1S/C15H30S/c1-8-16(14(4)13(2)3)12-10-9-11-15(5,6)7/h10,12-13H,8-9,11H2,1-7H3/b12-10-. The van der Waals surface area contributed by atoms with Crippen molar-refractivity contribution in [3.05, 3.63) is 11.5 Å². The summed E-state index contributed by atoms with van der Waals surface area (Å²) >= 11 is 0. The lowest BCUT2D eigenvalue weighted by Gasteiger charge is -2.16. The van der Waals surface area contributed by atoms with Crippen molar-refractivity contribution in [2.45, 2.75) is 61.3 Å². The highest BCUT2D eigenvalue weighted by molar-refractivity contribution is 8.18. The van der Waals surface area contributed by atoms with Gasteiger partial charge in [-0.25, -0.2) is 0 Å². The molecule has 16 heavy (non-hydrogen) atoms. The molecule has 0 saturated carbocycles. The molecule has 0 aromatic carbocycles. The minimum Gasteiger partial charge on any atom is -0.163 e. The van der Waals surface area contributed by atoms with Crippen LogP contribution < -0.4 is 0 Å². The topological polar surface area (TPSA) is 0 Å². The van der Waals surface area contributed by atoms with Crippen LogP contribution >= 0.6 is 10.5 Å². The second kappa shape index (κ2) is 7.32. The average Bonchev–Trinajstić information content (AvgIpc) is 2.15. The summed E-state index contributed by atoms with van der Waals surface area (Å²) in [5.74, 6) is 1.98. The molecule has 0 saturated heterocycles. The Morgan fingerprint density at radius 2 is 1.81 bits per heavy atom. The van der Waals surface area contributed by atoms with Crippen molar-refractivity contribution in [2.24, 2.45) is 11.3 Å². The molecule has 1 unspecified atom stereocenters. The third-order valence-electron chi connectivity index (χ3n) is 2.86. The van der Waals surface area contributed by atoms with Crippen LogP contribution in [0.2, 0.25) is 0 Å². The molecule has 1 atom stereocenters. The summed E-state index contributed by atoms with van der Waals surface area (Å²) in [5, 5.41) is 2.45. The van der Waals surface area contributed by atoms with Gasteiger partial charge in [-0.3, -0.25) is 0 Å². The van der Waals surface area contributed by atoms with E-state index >= 15 is 0 Å². The van der Waals surface area contributed by atoms with Crippen molar-refractivity contribution < 1.29 is 0 Å². The molecule has 0 aromatic heterocycles. The fourth-order valence-corrected chi connectivity index (χ4v) is 3.27. The molecule has 0 radical (unpaired) electrons. The molecule has 0 bridgehead atoms. The zero-order valence-electron chi connectivity index (χ0n) is 12.3. The van der Waals surface area contributed by atoms with Gasteiger partial charge in [-0.2, -0.15) is 10.5 Å². The maximum absolute atomic E-state index is 2.45. The lowest BCUT2D eigenvalue weighted by atomic mass is 9.91. The van der Waals surface area contributed by atoms with Gasteiger partial charge in [0.2, 0.25) is 0 Å². The van der Waals surface area contributed by atoms with Gasteiger partial charge in [0.05, 0.1) is 0 Å². The van der Waals surface area contributed by atoms with Crippen LogP contribution in [0.4, 0.5) is 0 Å². The van der Waals surface area contributed by atoms with E-state index in [4.69, 9.17) is 0 Å². The number of hydrogen-bond donors (Lipinski definition) is 0. The number of hydrogen-bond acceptors (Lipinski definition) is 0. The highest BCUT2D eigenvalue weighted by Crippen LogP contribution is 2.24. The third-order valence-corrected chi connectivity index (χ3v) is 5.30. The minimum absolute atomic E-state index is 0.402. The summed E-state index contributed by atoms with van der Waals surface area (Å²) < 4.78 is 0. The molecule has 0 N–H and O–H groups in total. The van der Waals surface area contributed by atoms with Crippen molar-refractivity contribution in [1.29, 1.82) is 0 Å². The monoisotopic (exact) mass is 242 g/mol. The Labute approximate surface area is 105 Å². The van der Waals surface area contributed by atoms with Gasteiger partial charge in [0.15, 0.2) is 0 Å². The van der Waals surface area contributed by atoms with Gasteiger partial charge in [0.1, 0.15) is 0 Å². The van der Waals surface area contributed by atoms with E-state index in [9.17, 15) is 0 Å². The van der Waals surface area contributed by atoms with Crippen LogP contribution in [0.1, 0.15) is 61.3 Å². The first-order chi connectivity index (χ1) is 7.28. The number of allylic oxidation sites excluding steroid dienone is 1. The molecule has 0 heterocycles. The molecule has 0 nitrogen and oxygen atoms in total. The summed E-state index contributed by atoms with van der Waals surface area (Å²) in [6.07, 6.45) is 4.90. The molecular weight excluding hydrogens is 212 g/mol. The van der Waals surface area contributed by atoms with E-state index in [2.05, 4.69) is 60.0 Å². The van der Waals surface area contributed by atoms with Crippen LogP contribution in [0, 0.1) is 11.3 Å². The largest absolute Gasteiger partial charge is 0.163 e. The molecule has 0 aliphatic carbocycles. The summed E-state index contributed by atoms with van der Waals surface area (Å²) in [6.45, 7) is 16.1. The van der Waals surface area contributed by atoms with Gasteiger partial charge >= 0.3 is 0 Å². The highest BCUT2D eigenvalue weighted by Gasteiger charge is 2.07. The van der Waals surface area contributed by atoms with Gasteiger partial charge in [-0.15, -0.1) is 0 Å². The molecule has 0 rings (SSSR count). The predicted molar refractivity (Wildman–Crippen MR) is 81.5 cm³/mol. The SMILES string of the molecule is CCS(/C=C\CCC(C)(C)C)=C(C)C(C)C. The second-order valence-electron chi connectivity index (χ2n) is 5.95. The zero-order valence-corrected chi connectivity index (χ0v) is 13.1. The lowest BCUT2D eigenvalue weighted by molar-refractivity contribution is 0.381. The zero-order chi connectivity index (χ0) is 12.8. The molecule has 0 aromatic rings. The van der Waals surface area contributed by atoms with Gasteiger partial charge in [0, 0.05) is 0 Å². The van der Waals surface area contributed by atoms with Crippen LogP contribution in [0.25, 0.3) is 0 Å². The Balaban J connectivity index is 4.35. The van der Waals surface area contributed by atoms with E-state index in [1.54, 1.807) is 4.86 Å². The first-order valence-electron chi connectivity index (χ1n) is 6.47. The molecular formula is C15H30S. The molecule has 0 aliphatic heterocycles. The van der Waals surface area contributed by atoms with E-state index in [0.717, 1.165) is 5.92 Å². The molecule has 1 heteroatoms. The van der Waals surface area contributed by atoms with Crippen LogP contribution in [0.15, 0.2) is 11.5 Å².